The van der Waals surface area contributed by atoms with Gasteiger partial charge in [-0.25, -0.2) is 0 Å². The lowest BCUT2D eigenvalue weighted by Crippen LogP contribution is -2.23. The molecular formula is C16H16ClNOS. The summed E-state index contributed by atoms with van der Waals surface area (Å²) >= 11 is 7.72. The Bertz CT molecular complexity index is 559. The van der Waals surface area contributed by atoms with Crippen LogP contribution in [0.4, 0.5) is 0 Å². The highest BCUT2D eigenvalue weighted by atomic mass is 35.5. The minimum Gasteiger partial charge on any atom is -0.352 e. The summed E-state index contributed by atoms with van der Waals surface area (Å²) in [6.07, 6.45) is 0.504. The number of carbonyl (C=O) groups is 1. The normalized spacial score (nSPS) is 10.2. The van der Waals surface area contributed by atoms with Crippen LogP contribution in [-0.2, 0) is 11.3 Å². The highest BCUT2D eigenvalue weighted by Crippen LogP contribution is 2.18. The van der Waals surface area contributed by atoms with Gasteiger partial charge in [0.1, 0.15) is 0 Å². The van der Waals surface area contributed by atoms with E-state index in [1.54, 1.807) is 11.8 Å². The number of rotatable bonds is 6. The van der Waals surface area contributed by atoms with Crippen LogP contribution in [0.25, 0.3) is 0 Å². The predicted molar refractivity (Wildman–Crippen MR) is 85.1 cm³/mol. The lowest BCUT2D eigenvalue weighted by Gasteiger charge is -2.07. The molecule has 2 nitrogen and oxygen atoms in total. The van der Waals surface area contributed by atoms with Crippen LogP contribution in [0.1, 0.15) is 12.0 Å². The Balaban J connectivity index is 1.70. The van der Waals surface area contributed by atoms with Crippen LogP contribution in [0.5, 0.6) is 0 Å². The summed E-state index contributed by atoms with van der Waals surface area (Å²) in [6, 6.07) is 17.6. The molecule has 0 saturated heterocycles. The molecule has 0 aliphatic heterocycles. The van der Waals surface area contributed by atoms with Gasteiger partial charge in [0.2, 0.25) is 5.91 Å². The molecule has 0 saturated carbocycles. The topological polar surface area (TPSA) is 29.1 Å². The van der Waals surface area contributed by atoms with Crippen LogP contribution < -0.4 is 5.32 Å². The molecule has 2 aromatic carbocycles. The Morgan fingerprint density at radius 1 is 1.05 bits per heavy atom. The molecule has 0 fully saturated rings. The molecule has 0 aliphatic rings. The smallest absolute Gasteiger partial charge is 0.221 e. The summed E-state index contributed by atoms with van der Waals surface area (Å²) in [4.78, 5) is 12.9. The molecular weight excluding hydrogens is 290 g/mol. The van der Waals surface area contributed by atoms with Gasteiger partial charge in [0, 0.05) is 28.6 Å². The summed E-state index contributed by atoms with van der Waals surface area (Å²) in [5, 5.41) is 3.58. The van der Waals surface area contributed by atoms with E-state index in [1.807, 2.05) is 54.6 Å². The van der Waals surface area contributed by atoms with E-state index < -0.39 is 0 Å². The monoisotopic (exact) mass is 305 g/mol. The Labute approximate surface area is 128 Å². The molecule has 2 aromatic rings. The van der Waals surface area contributed by atoms with E-state index in [4.69, 9.17) is 11.6 Å². The summed E-state index contributed by atoms with van der Waals surface area (Å²) < 4.78 is 0. The maximum atomic E-state index is 11.8. The van der Waals surface area contributed by atoms with Crippen molar-refractivity contribution in [3.63, 3.8) is 0 Å². The maximum absolute atomic E-state index is 11.8. The average Bonchev–Trinajstić information content (AvgIpc) is 2.47. The van der Waals surface area contributed by atoms with E-state index in [0.717, 1.165) is 11.3 Å². The van der Waals surface area contributed by atoms with Crippen LogP contribution in [0.2, 0.25) is 5.02 Å². The van der Waals surface area contributed by atoms with Gasteiger partial charge in [-0.05, 0) is 23.8 Å². The molecule has 0 radical (unpaired) electrons. The molecule has 1 amide bonds. The molecule has 0 heterocycles. The molecule has 0 atom stereocenters. The molecule has 0 aliphatic carbocycles. The lowest BCUT2D eigenvalue weighted by molar-refractivity contribution is -0.120. The Kier molecular flexibility index (Phi) is 5.96. The molecule has 0 spiro atoms. The average molecular weight is 306 g/mol. The second-order valence-corrected chi connectivity index (χ2v) is 5.86. The second kappa shape index (κ2) is 7.98. The first-order chi connectivity index (χ1) is 9.75. The van der Waals surface area contributed by atoms with Gasteiger partial charge in [0.15, 0.2) is 0 Å². The third-order valence-electron chi connectivity index (χ3n) is 2.77. The number of amides is 1. The number of nitrogens with one attached hydrogen (secondary N) is 1. The third-order valence-corrected chi connectivity index (χ3v) is 4.16. The summed E-state index contributed by atoms with van der Waals surface area (Å²) in [6.45, 7) is 0.481. The fourth-order valence-corrected chi connectivity index (χ4v) is 2.78. The van der Waals surface area contributed by atoms with Gasteiger partial charge in [-0.15, -0.1) is 11.8 Å². The molecule has 2 rings (SSSR count). The molecule has 0 unspecified atom stereocenters. The zero-order valence-corrected chi connectivity index (χ0v) is 12.6. The van der Waals surface area contributed by atoms with E-state index >= 15 is 0 Å². The SMILES string of the molecule is O=C(CCSc1ccccc1)NCc1ccccc1Cl. The van der Waals surface area contributed by atoms with Crippen LogP contribution >= 0.6 is 23.4 Å². The fourth-order valence-electron chi connectivity index (χ4n) is 1.70. The fraction of sp³-hybridized carbons (Fsp3) is 0.188. The Morgan fingerprint density at radius 3 is 2.50 bits per heavy atom. The first-order valence-electron chi connectivity index (χ1n) is 6.43. The van der Waals surface area contributed by atoms with E-state index in [-0.39, 0.29) is 5.91 Å². The van der Waals surface area contributed by atoms with Crippen molar-refractivity contribution in [2.75, 3.05) is 5.75 Å². The van der Waals surface area contributed by atoms with Gasteiger partial charge in [0.05, 0.1) is 0 Å². The van der Waals surface area contributed by atoms with Gasteiger partial charge in [-0.3, -0.25) is 4.79 Å². The zero-order valence-electron chi connectivity index (χ0n) is 11.0. The molecule has 104 valence electrons. The molecule has 0 bridgehead atoms. The van der Waals surface area contributed by atoms with E-state index in [1.165, 1.54) is 4.90 Å². The van der Waals surface area contributed by atoms with Gasteiger partial charge < -0.3 is 5.32 Å². The van der Waals surface area contributed by atoms with E-state index in [0.29, 0.717) is 18.0 Å². The summed E-state index contributed by atoms with van der Waals surface area (Å²) in [7, 11) is 0. The van der Waals surface area contributed by atoms with Crippen molar-refractivity contribution < 1.29 is 4.79 Å². The minimum atomic E-state index is 0.0494. The second-order valence-electron chi connectivity index (χ2n) is 4.28. The summed E-state index contributed by atoms with van der Waals surface area (Å²) in [5.41, 5.74) is 0.943. The van der Waals surface area contributed by atoms with Crippen LogP contribution in [-0.4, -0.2) is 11.7 Å². The standard InChI is InChI=1S/C16H16ClNOS/c17-15-9-5-4-6-13(15)12-18-16(19)10-11-20-14-7-2-1-3-8-14/h1-9H,10-12H2,(H,18,19). The largest absolute Gasteiger partial charge is 0.352 e. The van der Waals surface area contributed by atoms with E-state index in [9.17, 15) is 4.79 Å². The van der Waals surface area contributed by atoms with Gasteiger partial charge in [-0.2, -0.15) is 0 Å². The lowest BCUT2D eigenvalue weighted by atomic mass is 10.2. The first kappa shape index (κ1) is 14.9. The minimum absolute atomic E-state index is 0.0494. The number of halogens is 1. The Hall–Kier alpha value is -1.45. The van der Waals surface area contributed by atoms with Crippen molar-refractivity contribution in [2.45, 2.75) is 17.9 Å². The molecule has 20 heavy (non-hydrogen) atoms. The Morgan fingerprint density at radius 2 is 1.75 bits per heavy atom. The number of carbonyl (C=O) groups excluding carboxylic acids is 1. The predicted octanol–water partition coefficient (Wildman–Crippen LogP) is 4.14. The molecule has 0 aromatic heterocycles. The first-order valence-corrected chi connectivity index (χ1v) is 7.80. The van der Waals surface area contributed by atoms with Crippen molar-refractivity contribution in [1.29, 1.82) is 0 Å². The van der Waals surface area contributed by atoms with Crippen LogP contribution in [0, 0.1) is 0 Å². The van der Waals surface area contributed by atoms with E-state index in [2.05, 4.69) is 5.32 Å². The molecule has 4 heteroatoms. The van der Waals surface area contributed by atoms with Crippen molar-refractivity contribution in [3.05, 3.63) is 65.2 Å². The number of hydrogen-bond acceptors (Lipinski definition) is 2. The number of thioether (sulfide) groups is 1. The maximum Gasteiger partial charge on any atom is 0.221 e. The number of hydrogen-bond donors (Lipinski definition) is 1. The number of benzene rings is 2. The zero-order chi connectivity index (χ0) is 14.2. The van der Waals surface area contributed by atoms with Crippen molar-refractivity contribution in [2.24, 2.45) is 0 Å². The van der Waals surface area contributed by atoms with Crippen molar-refractivity contribution in [3.8, 4) is 0 Å². The third kappa shape index (κ3) is 4.91. The quantitative estimate of drug-likeness (QED) is 0.813. The van der Waals surface area contributed by atoms with Gasteiger partial charge in [-0.1, -0.05) is 48.0 Å². The summed E-state index contributed by atoms with van der Waals surface area (Å²) in [5.74, 6) is 0.826. The highest BCUT2D eigenvalue weighted by Gasteiger charge is 2.04. The van der Waals surface area contributed by atoms with Crippen LogP contribution in [0.3, 0.4) is 0 Å². The van der Waals surface area contributed by atoms with Crippen LogP contribution in [0.15, 0.2) is 59.5 Å². The van der Waals surface area contributed by atoms with Crippen molar-refractivity contribution >= 4 is 29.3 Å². The van der Waals surface area contributed by atoms with Crippen molar-refractivity contribution in [1.82, 2.24) is 5.32 Å². The molecule has 1 N–H and O–H groups in total. The highest BCUT2D eigenvalue weighted by molar-refractivity contribution is 7.99. The van der Waals surface area contributed by atoms with Gasteiger partial charge >= 0.3 is 0 Å². The van der Waals surface area contributed by atoms with Gasteiger partial charge in [0.25, 0.3) is 0 Å².